The van der Waals surface area contributed by atoms with Crippen molar-refractivity contribution >= 4 is 16.9 Å². The van der Waals surface area contributed by atoms with Crippen LogP contribution in [0.3, 0.4) is 0 Å². The lowest BCUT2D eigenvalue weighted by molar-refractivity contribution is 0.628. The van der Waals surface area contributed by atoms with Gasteiger partial charge in [0.05, 0.1) is 11.1 Å². The Labute approximate surface area is 131 Å². The van der Waals surface area contributed by atoms with E-state index in [0.29, 0.717) is 33.9 Å². The summed E-state index contributed by atoms with van der Waals surface area (Å²) in [6.07, 6.45) is 0. The van der Waals surface area contributed by atoms with E-state index < -0.39 is 0 Å². The molecule has 0 fully saturated rings. The van der Waals surface area contributed by atoms with Gasteiger partial charge in [0.1, 0.15) is 11.6 Å². The first kappa shape index (κ1) is 13.4. The lowest BCUT2D eigenvalue weighted by Crippen LogP contribution is -1.95. The monoisotopic (exact) mass is 305 g/mol. The molecule has 0 bridgehead atoms. The Hall–Kier alpha value is -3.28. The summed E-state index contributed by atoms with van der Waals surface area (Å²) in [7, 11) is 0. The van der Waals surface area contributed by atoms with Crippen molar-refractivity contribution in [3.8, 4) is 22.6 Å². The van der Waals surface area contributed by atoms with Gasteiger partial charge in [0.2, 0.25) is 0 Å². The standard InChI is InChI=1S/C17H12FN5/c18-12-8-6-11(7-9-12)16-20-14(10-4-2-1-3-5-10)13-15(19)22-23-17(13)21-16/h1-9H,(H3,19,20,21,22,23). The zero-order chi connectivity index (χ0) is 15.8. The molecule has 112 valence electrons. The maximum absolute atomic E-state index is 13.1. The third-order valence-corrected chi connectivity index (χ3v) is 3.59. The lowest BCUT2D eigenvalue weighted by atomic mass is 10.1. The van der Waals surface area contributed by atoms with Gasteiger partial charge >= 0.3 is 0 Å². The van der Waals surface area contributed by atoms with E-state index in [9.17, 15) is 4.39 Å². The fourth-order valence-corrected chi connectivity index (χ4v) is 2.48. The predicted octanol–water partition coefficient (Wildman–Crippen LogP) is 3.41. The van der Waals surface area contributed by atoms with E-state index in [1.807, 2.05) is 30.3 Å². The summed E-state index contributed by atoms with van der Waals surface area (Å²) in [5.74, 6) is 0.592. The van der Waals surface area contributed by atoms with Crippen molar-refractivity contribution in [1.82, 2.24) is 20.2 Å². The van der Waals surface area contributed by atoms with Crippen LogP contribution in [0, 0.1) is 5.82 Å². The molecule has 2 heterocycles. The van der Waals surface area contributed by atoms with Gasteiger partial charge in [-0.2, -0.15) is 5.10 Å². The van der Waals surface area contributed by atoms with E-state index in [2.05, 4.69) is 20.2 Å². The molecule has 0 saturated carbocycles. The molecular weight excluding hydrogens is 293 g/mol. The second kappa shape index (κ2) is 5.17. The molecule has 0 amide bonds. The SMILES string of the molecule is Nc1[nH]nc2nc(-c3ccc(F)cc3)nc(-c3ccccc3)c12. The van der Waals surface area contributed by atoms with Crippen LogP contribution in [-0.2, 0) is 0 Å². The molecule has 0 atom stereocenters. The molecule has 6 heteroatoms. The fraction of sp³-hybridized carbons (Fsp3) is 0. The number of halogens is 1. The van der Waals surface area contributed by atoms with Crippen molar-refractivity contribution in [2.24, 2.45) is 0 Å². The first-order chi connectivity index (χ1) is 11.2. The first-order valence-electron chi connectivity index (χ1n) is 7.05. The molecule has 23 heavy (non-hydrogen) atoms. The third-order valence-electron chi connectivity index (χ3n) is 3.59. The van der Waals surface area contributed by atoms with Crippen molar-refractivity contribution < 1.29 is 4.39 Å². The summed E-state index contributed by atoms with van der Waals surface area (Å²) in [5, 5.41) is 7.56. The molecule has 0 aliphatic rings. The number of hydrogen-bond acceptors (Lipinski definition) is 4. The molecule has 0 unspecified atom stereocenters. The normalized spacial score (nSPS) is 11.0. The summed E-state index contributed by atoms with van der Waals surface area (Å²) >= 11 is 0. The highest BCUT2D eigenvalue weighted by Crippen LogP contribution is 2.31. The largest absolute Gasteiger partial charge is 0.383 e. The average Bonchev–Trinajstić information content (AvgIpc) is 2.97. The minimum atomic E-state index is -0.304. The molecule has 0 spiro atoms. The highest BCUT2D eigenvalue weighted by atomic mass is 19.1. The molecule has 5 nitrogen and oxygen atoms in total. The van der Waals surface area contributed by atoms with Gasteiger partial charge in [-0.25, -0.2) is 14.4 Å². The zero-order valence-corrected chi connectivity index (χ0v) is 12.0. The number of nitrogen functional groups attached to an aromatic ring is 1. The number of aromatic nitrogens is 4. The van der Waals surface area contributed by atoms with Gasteiger partial charge in [-0.3, -0.25) is 5.10 Å². The van der Waals surface area contributed by atoms with Crippen LogP contribution in [-0.4, -0.2) is 20.2 Å². The van der Waals surface area contributed by atoms with Crippen LogP contribution in [0.1, 0.15) is 0 Å². The number of anilines is 1. The summed E-state index contributed by atoms with van der Waals surface area (Å²) in [5.41, 5.74) is 8.78. The number of benzene rings is 2. The second-order valence-corrected chi connectivity index (χ2v) is 5.10. The molecule has 4 aromatic rings. The number of aromatic amines is 1. The van der Waals surface area contributed by atoms with Gasteiger partial charge in [-0.1, -0.05) is 30.3 Å². The summed E-state index contributed by atoms with van der Waals surface area (Å²) in [6, 6.07) is 15.7. The first-order valence-corrected chi connectivity index (χ1v) is 7.05. The summed E-state index contributed by atoms with van der Waals surface area (Å²) in [6.45, 7) is 0. The Kier molecular flexibility index (Phi) is 3.01. The van der Waals surface area contributed by atoms with Crippen LogP contribution in [0.15, 0.2) is 54.6 Å². The van der Waals surface area contributed by atoms with E-state index in [0.717, 1.165) is 5.56 Å². The van der Waals surface area contributed by atoms with E-state index in [-0.39, 0.29) is 5.82 Å². The smallest absolute Gasteiger partial charge is 0.187 e. The number of nitrogens with zero attached hydrogens (tertiary/aromatic N) is 3. The zero-order valence-electron chi connectivity index (χ0n) is 12.0. The van der Waals surface area contributed by atoms with Crippen LogP contribution < -0.4 is 5.73 Å². The Morgan fingerprint density at radius 1 is 0.870 bits per heavy atom. The number of nitrogens with two attached hydrogens (primary N) is 1. The Morgan fingerprint density at radius 3 is 2.35 bits per heavy atom. The van der Waals surface area contributed by atoms with E-state index in [4.69, 9.17) is 5.73 Å². The summed E-state index contributed by atoms with van der Waals surface area (Å²) < 4.78 is 13.1. The maximum Gasteiger partial charge on any atom is 0.187 e. The fourth-order valence-electron chi connectivity index (χ4n) is 2.48. The van der Waals surface area contributed by atoms with Crippen molar-refractivity contribution in [3.05, 3.63) is 60.4 Å². The van der Waals surface area contributed by atoms with E-state index >= 15 is 0 Å². The predicted molar refractivity (Wildman–Crippen MR) is 86.9 cm³/mol. The van der Waals surface area contributed by atoms with Crippen LogP contribution in [0.2, 0.25) is 0 Å². The van der Waals surface area contributed by atoms with Crippen LogP contribution in [0.5, 0.6) is 0 Å². The van der Waals surface area contributed by atoms with Crippen molar-refractivity contribution in [1.29, 1.82) is 0 Å². The van der Waals surface area contributed by atoms with E-state index in [1.54, 1.807) is 12.1 Å². The topological polar surface area (TPSA) is 80.5 Å². The quantitative estimate of drug-likeness (QED) is 0.594. The number of H-pyrrole nitrogens is 1. The Morgan fingerprint density at radius 2 is 1.61 bits per heavy atom. The van der Waals surface area contributed by atoms with E-state index in [1.165, 1.54) is 12.1 Å². The van der Waals surface area contributed by atoms with Gasteiger partial charge in [-0.15, -0.1) is 0 Å². The maximum atomic E-state index is 13.1. The minimum Gasteiger partial charge on any atom is -0.383 e. The number of nitrogens with one attached hydrogen (secondary N) is 1. The van der Waals surface area contributed by atoms with Crippen molar-refractivity contribution in [2.45, 2.75) is 0 Å². The average molecular weight is 305 g/mol. The molecule has 2 aromatic heterocycles. The molecule has 0 saturated heterocycles. The highest BCUT2D eigenvalue weighted by Gasteiger charge is 2.15. The van der Waals surface area contributed by atoms with Crippen molar-refractivity contribution in [2.75, 3.05) is 5.73 Å². The van der Waals surface area contributed by atoms with Gasteiger partial charge in [0, 0.05) is 11.1 Å². The Balaban J connectivity index is 2.00. The van der Waals surface area contributed by atoms with Gasteiger partial charge in [-0.05, 0) is 24.3 Å². The molecule has 0 aliphatic carbocycles. The van der Waals surface area contributed by atoms with Crippen LogP contribution >= 0.6 is 0 Å². The number of rotatable bonds is 2. The van der Waals surface area contributed by atoms with Gasteiger partial charge < -0.3 is 5.73 Å². The number of fused-ring (bicyclic) bond motifs is 1. The highest BCUT2D eigenvalue weighted by molar-refractivity contribution is 5.98. The molecule has 0 aliphatic heterocycles. The minimum absolute atomic E-state index is 0.304. The second-order valence-electron chi connectivity index (χ2n) is 5.10. The van der Waals surface area contributed by atoms with Gasteiger partial charge in [0.25, 0.3) is 0 Å². The third kappa shape index (κ3) is 2.30. The Bertz CT molecular complexity index is 977. The lowest BCUT2D eigenvalue weighted by Gasteiger charge is -2.06. The number of hydrogen-bond donors (Lipinski definition) is 2. The van der Waals surface area contributed by atoms with Crippen molar-refractivity contribution in [3.63, 3.8) is 0 Å². The van der Waals surface area contributed by atoms with Gasteiger partial charge in [0.15, 0.2) is 11.5 Å². The molecular formula is C17H12FN5. The molecule has 4 rings (SSSR count). The van der Waals surface area contributed by atoms with Crippen LogP contribution in [0.25, 0.3) is 33.7 Å². The summed E-state index contributed by atoms with van der Waals surface area (Å²) in [4.78, 5) is 9.06. The molecule has 2 aromatic carbocycles. The molecule has 3 N–H and O–H groups in total. The molecule has 0 radical (unpaired) electrons. The van der Waals surface area contributed by atoms with Crippen LogP contribution in [0.4, 0.5) is 10.2 Å².